The van der Waals surface area contributed by atoms with Crippen LogP contribution in [0.4, 0.5) is 5.69 Å². The van der Waals surface area contributed by atoms with E-state index in [9.17, 15) is 8.42 Å². The summed E-state index contributed by atoms with van der Waals surface area (Å²) >= 11 is 0. The SMILES string of the molecule is CNS(=O)(=O)c1ccc(NC2CCCCC2)c(/C(N)=N/O)c1. The van der Waals surface area contributed by atoms with E-state index in [1.54, 1.807) is 6.07 Å². The molecule has 122 valence electrons. The van der Waals surface area contributed by atoms with Gasteiger partial charge in [0.2, 0.25) is 10.0 Å². The van der Waals surface area contributed by atoms with Crippen LogP contribution in [-0.2, 0) is 10.0 Å². The minimum atomic E-state index is -3.58. The first-order valence-electron chi connectivity index (χ1n) is 7.30. The molecule has 0 amide bonds. The van der Waals surface area contributed by atoms with Crippen LogP contribution in [0.25, 0.3) is 0 Å². The highest BCUT2D eigenvalue weighted by molar-refractivity contribution is 7.89. The van der Waals surface area contributed by atoms with Crippen molar-refractivity contribution in [3.8, 4) is 0 Å². The van der Waals surface area contributed by atoms with Crippen LogP contribution in [0.1, 0.15) is 37.7 Å². The Bertz CT molecular complexity index is 652. The predicted molar refractivity (Wildman–Crippen MR) is 85.7 cm³/mol. The molecule has 1 aliphatic rings. The summed E-state index contributed by atoms with van der Waals surface area (Å²) in [6.45, 7) is 0. The van der Waals surface area contributed by atoms with Gasteiger partial charge in [-0.2, -0.15) is 0 Å². The van der Waals surface area contributed by atoms with Crippen molar-refractivity contribution in [3.05, 3.63) is 23.8 Å². The number of hydrogen-bond donors (Lipinski definition) is 4. The molecule has 0 radical (unpaired) electrons. The minimum Gasteiger partial charge on any atom is -0.409 e. The number of nitrogens with two attached hydrogens (primary N) is 1. The van der Waals surface area contributed by atoms with Gasteiger partial charge in [-0.05, 0) is 38.1 Å². The van der Waals surface area contributed by atoms with Gasteiger partial charge in [-0.3, -0.25) is 0 Å². The van der Waals surface area contributed by atoms with Crippen LogP contribution in [0.15, 0.2) is 28.3 Å². The van der Waals surface area contributed by atoms with E-state index in [0.29, 0.717) is 17.3 Å². The predicted octanol–water partition coefficient (Wildman–Crippen LogP) is 1.43. The Morgan fingerprint density at radius 2 is 2.00 bits per heavy atom. The summed E-state index contributed by atoms with van der Waals surface area (Å²) in [5, 5.41) is 15.3. The summed E-state index contributed by atoms with van der Waals surface area (Å²) in [7, 11) is -2.24. The third kappa shape index (κ3) is 3.69. The quantitative estimate of drug-likeness (QED) is 0.283. The fourth-order valence-corrected chi connectivity index (χ4v) is 3.42. The monoisotopic (exact) mass is 326 g/mol. The van der Waals surface area contributed by atoms with Crippen molar-refractivity contribution in [2.75, 3.05) is 12.4 Å². The molecule has 0 atom stereocenters. The second-order valence-corrected chi connectivity index (χ2v) is 7.27. The van der Waals surface area contributed by atoms with Crippen molar-refractivity contribution in [1.82, 2.24) is 4.72 Å². The van der Waals surface area contributed by atoms with Gasteiger partial charge in [-0.15, -0.1) is 0 Å². The highest BCUT2D eigenvalue weighted by atomic mass is 32.2. The number of nitrogens with one attached hydrogen (secondary N) is 2. The lowest BCUT2D eigenvalue weighted by atomic mass is 9.95. The van der Waals surface area contributed by atoms with Crippen molar-refractivity contribution >= 4 is 21.5 Å². The minimum absolute atomic E-state index is 0.0748. The summed E-state index contributed by atoms with van der Waals surface area (Å²) < 4.78 is 26.0. The standard InChI is InChI=1S/C14H22N4O3S/c1-16-22(20,21)11-7-8-13(12(9-11)14(15)18-19)17-10-5-3-2-4-6-10/h7-10,16-17,19H,2-6H2,1H3,(H2,15,18). The molecule has 1 aromatic rings. The number of rotatable bonds is 5. The summed E-state index contributed by atoms with van der Waals surface area (Å²) in [5.74, 6) is -0.119. The Morgan fingerprint density at radius 3 is 2.59 bits per heavy atom. The largest absolute Gasteiger partial charge is 0.409 e. The molecule has 0 saturated heterocycles. The average molecular weight is 326 g/mol. The number of sulfonamides is 1. The van der Waals surface area contributed by atoms with Gasteiger partial charge in [0, 0.05) is 17.3 Å². The molecular formula is C14H22N4O3S. The van der Waals surface area contributed by atoms with Crippen molar-refractivity contribution in [2.45, 2.75) is 43.0 Å². The Morgan fingerprint density at radius 1 is 1.32 bits per heavy atom. The normalized spacial score (nSPS) is 17.4. The van der Waals surface area contributed by atoms with Crippen LogP contribution < -0.4 is 15.8 Å². The summed E-state index contributed by atoms with van der Waals surface area (Å²) in [6, 6.07) is 4.90. The van der Waals surface area contributed by atoms with E-state index in [0.717, 1.165) is 12.8 Å². The van der Waals surface area contributed by atoms with E-state index in [1.165, 1.54) is 38.4 Å². The Balaban J connectivity index is 2.36. The molecule has 0 aliphatic heterocycles. The molecule has 0 bridgehead atoms. The van der Waals surface area contributed by atoms with Crippen molar-refractivity contribution in [2.24, 2.45) is 10.9 Å². The van der Waals surface area contributed by atoms with Gasteiger partial charge >= 0.3 is 0 Å². The molecule has 1 saturated carbocycles. The first-order chi connectivity index (χ1) is 10.5. The van der Waals surface area contributed by atoms with Gasteiger partial charge < -0.3 is 16.3 Å². The lowest BCUT2D eigenvalue weighted by Gasteiger charge is -2.25. The van der Waals surface area contributed by atoms with Crippen LogP contribution in [0.3, 0.4) is 0 Å². The van der Waals surface area contributed by atoms with E-state index in [2.05, 4.69) is 15.2 Å². The highest BCUT2D eigenvalue weighted by Crippen LogP contribution is 2.25. The average Bonchev–Trinajstić information content (AvgIpc) is 2.55. The zero-order valence-electron chi connectivity index (χ0n) is 12.5. The van der Waals surface area contributed by atoms with Gasteiger partial charge in [-0.1, -0.05) is 24.4 Å². The molecule has 8 heteroatoms. The molecule has 1 aromatic carbocycles. The maximum Gasteiger partial charge on any atom is 0.240 e. The molecule has 0 spiro atoms. The first kappa shape index (κ1) is 16.6. The molecule has 0 heterocycles. The van der Waals surface area contributed by atoms with Crippen LogP contribution in [0.2, 0.25) is 0 Å². The number of anilines is 1. The van der Waals surface area contributed by atoms with E-state index >= 15 is 0 Å². The lowest BCUT2D eigenvalue weighted by molar-refractivity contribution is 0.318. The van der Waals surface area contributed by atoms with Crippen LogP contribution >= 0.6 is 0 Å². The maximum atomic E-state index is 11.9. The van der Waals surface area contributed by atoms with Crippen LogP contribution in [0.5, 0.6) is 0 Å². The number of oxime groups is 1. The van der Waals surface area contributed by atoms with E-state index in [4.69, 9.17) is 10.9 Å². The van der Waals surface area contributed by atoms with Gasteiger partial charge in [0.15, 0.2) is 5.84 Å². The molecule has 5 N–H and O–H groups in total. The second-order valence-electron chi connectivity index (χ2n) is 5.38. The summed E-state index contributed by atoms with van der Waals surface area (Å²) in [4.78, 5) is 0.0748. The van der Waals surface area contributed by atoms with Crippen LogP contribution in [-0.4, -0.2) is 32.6 Å². The molecule has 0 aromatic heterocycles. The molecule has 0 unspecified atom stereocenters. The lowest BCUT2D eigenvalue weighted by Crippen LogP contribution is -2.26. The number of nitrogens with zero attached hydrogens (tertiary/aromatic N) is 1. The Hall–Kier alpha value is -1.80. The third-order valence-electron chi connectivity index (χ3n) is 3.92. The van der Waals surface area contributed by atoms with Gasteiger partial charge in [0.1, 0.15) is 0 Å². The summed E-state index contributed by atoms with van der Waals surface area (Å²) in [6.07, 6.45) is 5.70. The fraction of sp³-hybridized carbons (Fsp3) is 0.500. The molecule has 7 nitrogen and oxygen atoms in total. The van der Waals surface area contributed by atoms with Crippen molar-refractivity contribution < 1.29 is 13.6 Å². The summed E-state index contributed by atoms with van der Waals surface area (Å²) in [5.41, 5.74) is 6.76. The van der Waals surface area contributed by atoms with Gasteiger partial charge in [0.05, 0.1) is 4.90 Å². The van der Waals surface area contributed by atoms with Crippen molar-refractivity contribution in [1.29, 1.82) is 0 Å². The number of amidine groups is 1. The van der Waals surface area contributed by atoms with Crippen molar-refractivity contribution in [3.63, 3.8) is 0 Å². The molecule has 1 fully saturated rings. The third-order valence-corrected chi connectivity index (χ3v) is 5.33. The smallest absolute Gasteiger partial charge is 0.240 e. The van der Waals surface area contributed by atoms with Gasteiger partial charge in [-0.25, -0.2) is 13.1 Å². The molecule has 2 rings (SSSR count). The highest BCUT2D eigenvalue weighted by Gasteiger charge is 2.19. The van der Waals surface area contributed by atoms with E-state index in [-0.39, 0.29) is 10.7 Å². The molecule has 22 heavy (non-hydrogen) atoms. The number of benzene rings is 1. The van der Waals surface area contributed by atoms with E-state index in [1.807, 2.05) is 0 Å². The zero-order valence-corrected chi connectivity index (χ0v) is 13.4. The Kier molecular flexibility index (Phi) is 5.25. The zero-order chi connectivity index (χ0) is 16.2. The molecular weight excluding hydrogens is 304 g/mol. The first-order valence-corrected chi connectivity index (χ1v) is 8.78. The second kappa shape index (κ2) is 6.97. The maximum absolute atomic E-state index is 11.9. The fourth-order valence-electron chi connectivity index (χ4n) is 2.67. The topological polar surface area (TPSA) is 117 Å². The Labute approximate surface area is 130 Å². The van der Waals surface area contributed by atoms with Gasteiger partial charge in [0.25, 0.3) is 0 Å². The number of hydrogen-bond acceptors (Lipinski definition) is 5. The van der Waals surface area contributed by atoms with Crippen LogP contribution in [0, 0.1) is 0 Å². The van der Waals surface area contributed by atoms with E-state index < -0.39 is 10.0 Å². The molecule has 1 aliphatic carbocycles.